The van der Waals surface area contributed by atoms with Crippen LogP contribution in [0.3, 0.4) is 0 Å². The lowest BCUT2D eigenvalue weighted by molar-refractivity contribution is -0.121. The van der Waals surface area contributed by atoms with E-state index in [1.54, 1.807) is 6.26 Å². The van der Waals surface area contributed by atoms with E-state index >= 15 is 0 Å². The van der Waals surface area contributed by atoms with Crippen LogP contribution in [0.1, 0.15) is 62.3 Å². The summed E-state index contributed by atoms with van der Waals surface area (Å²) >= 11 is 0. The summed E-state index contributed by atoms with van der Waals surface area (Å²) in [7, 11) is 0. The van der Waals surface area contributed by atoms with Crippen molar-refractivity contribution in [3.63, 3.8) is 0 Å². The van der Waals surface area contributed by atoms with E-state index in [1.165, 1.54) is 37.7 Å². The van der Waals surface area contributed by atoms with Gasteiger partial charge in [-0.25, -0.2) is 0 Å². The molecule has 1 aromatic heterocycles. The predicted molar refractivity (Wildman–Crippen MR) is 74.9 cm³/mol. The second kappa shape index (κ2) is 5.29. The molecular weight excluding hydrogens is 238 g/mol. The Morgan fingerprint density at radius 2 is 2.11 bits per heavy atom. The first-order chi connectivity index (χ1) is 9.20. The van der Waals surface area contributed by atoms with E-state index in [1.807, 2.05) is 6.07 Å². The van der Waals surface area contributed by atoms with Gasteiger partial charge in [0, 0.05) is 6.61 Å². The molecule has 3 heteroatoms. The first-order valence-electron chi connectivity index (χ1n) is 7.64. The third-order valence-electron chi connectivity index (χ3n) is 5.01. The molecule has 1 aliphatic carbocycles. The Bertz CT molecular complexity index is 415. The fourth-order valence-electron chi connectivity index (χ4n) is 3.86. The third kappa shape index (κ3) is 2.59. The van der Waals surface area contributed by atoms with Crippen LogP contribution < -0.4 is 5.73 Å². The molecule has 3 rings (SSSR count). The summed E-state index contributed by atoms with van der Waals surface area (Å²) in [6.45, 7) is 2.94. The van der Waals surface area contributed by atoms with Crippen LogP contribution in [0.25, 0.3) is 0 Å². The number of hydrogen-bond donors (Lipinski definition) is 1. The standard InChI is InChI=1S/C16H25NO2/c1-12-5-9-18-15(12)14(17)13-6-10-19-16(11-13)7-3-2-4-8-16/h5,9,13-14H,2-4,6-8,10-11,17H2,1H3. The van der Waals surface area contributed by atoms with Crippen LogP contribution >= 0.6 is 0 Å². The summed E-state index contributed by atoms with van der Waals surface area (Å²) < 4.78 is 11.7. The third-order valence-corrected chi connectivity index (χ3v) is 5.01. The normalized spacial score (nSPS) is 28.4. The molecule has 0 bridgehead atoms. The molecule has 19 heavy (non-hydrogen) atoms. The Hall–Kier alpha value is -0.800. The van der Waals surface area contributed by atoms with Crippen molar-refractivity contribution in [2.75, 3.05) is 6.61 Å². The topological polar surface area (TPSA) is 48.4 Å². The molecule has 2 fully saturated rings. The van der Waals surface area contributed by atoms with Gasteiger partial charge in [0.2, 0.25) is 0 Å². The van der Waals surface area contributed by atoms with Gasteiger partial charge in [0.05, 0.1) is 17.9 Å². The minimum absolute atomic E-state index is 0.0256. The molecule has 0 radical (unpaired) electrons. The lowest BCUT2D eigenvalue weighted by atomic mass is 9.74. The molecule has 106 valence electrons. The van der Waals surface area contributed by atoms with Crippen molar-refractivity contribution in [1.82, 2.24) is 0 Å². The maximum absolute atomic E-state index is 6.46. The van der Waals surface area contributed by atoms with Crippen molar-refractivity contribution in [2.24, 2.45) is 11.7 Å². The zero-order valence-electron chi connectivity index (χ0n) is 11.9. The van der Waals surface area contributed by atoms with Crippen molar-refractivity contribution in [2.45, 2.75) is 63.5 Å². The maximum atomic E-state index is 6.46. The van der Waals surface area contributed by atoms with Crippen LogP contribution in [-0.2, 0) is 4.74 Å². The van der Waals surface area contributed by atoms with Crippen LogP contribution in [-0.4, -0.2) is 12.2 Å². The van der Waals surface area contributed by atoms with Gasteiger partial charge in [0.15, 0.2) is 0 Å². The average Bonchev–Trinajstić information content (AvgIpc) is 2.85. The zero-order valence-corrected chi connectivity index (χ0v) is 11.9. The first-order valence-corrected chi connectivity index (χ1v) is 7.64. The highest BCUT2D eigenvalue weighted by molar-refractivity contribution is 5.19. The van der Waals surface area contributed by atoms with Gasteiger partial charge in [-0.3, -0.25) is 0 Å². The van der Waals surface area contributed by atoms with E-state index in [4.69, 9.17) is 14.9 Å². The predicted octanol–water partition coefficient (Wildman–Crippen LogP) is 3.72. The van der Waals surface area contributed by atoms with Crippen molar-refractivity contribution in [3.8, 4) is 0 Å². The molecule has 2 aliphatic rings. The smallest absolute Gasteiger partial charge is 0.123 e. The number of ether oxygens (including phenoxy) is 1. The fourth-order valence-corrected chi connectivity index (χ4v) is 3.86. The van der Waals surface area contributed by atoms with Gasteiger partial charge in [-0.15, -0.1) is 0 Å². The van der Waals surface area contributed by atoms with E-state index < -0.39 is 0 Å². The van der Waals surface area contributed by atoms with Crippen LogP contribution in [0.4, 0.5) is 0 Å². The monoisotopic (exact) mass is 263 g/mol. The lowest BCUT2D eigenvalue weighted by Gasteiger charge is -2.44. The second-order valence-corrected chi connectivity index (χ2v) is 6.34. The number of hydrogen-bond acceptors (Lipinski definition) is 3. The van der Waals surface area contributed by atoms with Gasteiger partial charge in [0.25, 0.3) is 0 Å². The zero-order chi connectivity index (χ0) is 13.3. The first kappa shape index (κ1) is 13.2. The van der Waals surface area contributed by atoms with Crippen molar-refractivity contribution < 1.29 is 9.15 Å². The summed E-state index contributed by atoms with van der Waals surface area (Å²) in [5.74, 6) is 1.47. The van der Waals surface area contributed by atoms with E-state index in [0.717, 1.165) is 25.2 Å². The van der Waals surface area contributed by atoms with Gasteiger partial charge >= 0.3 is 0 Å². The van der Waals surface area contributed by atoms with Gasteiger partial charge in [-0.1, -0.05) is 19.3 Å². The highest BCUT2D eigenvalue weighted by Crippen LogP contribution is 2.44. The number of aryl methyl sites for hydroxylation is 1. The highest BCUT2D eigenvalue weighted by Gasteiger charge is 2.41. The minimum atomic E-state index is 0.0256. The summed E-state index contributed by atoms with van der Waals surface area (Å²) in [5, 5.41) is 0. The van der Waals surface area contributed by atoms with Gasteiger partial charge < -0.3 is 14.9 Å². The molecule has 3 nitrogen and oxygen atoms in total. The second-order valence-electron chi connectivity index (χ2n) is 6.34. The quantitative estimate of drug-likeness (QED) is 0.884. The molecule has 0 aromatic carbocycles. The van der Waals surface area contributed by atoms with Gasteiger partial charge in [-0.2, -0.15) is 0 Å². The fraction of sp³-hybridized carbons (Fsp3) is 0.750. The van der Waals surface area contributed by atoms with E-state index in [-0.39, 0.29) is 11.6 Å². The largest absolute Gasteiger partial charge is 0.467 e. The summed E-state index contributed by atoms with van der Waals surface area (Å²) in [5.41, 5.74) is 7.76. The van der Waals surface area contributed by atoms with Crippen LogP contribution in [0.2, 0.25) is 0 Å². The van der Waals surface area contributed by atoms with Crippen LogP contribution in [0.15, 0.2) is 16.7 Å². The molecule has 2 heterocycles. The molecule has 1 saturated heterocycles. The number of furan rings is 1. The molecule has 2 N–H and O–H groups in total. The van der Waals surface area contributed by atoms with Crippen molar-refractivity contribution in [3.05, 3.63) is 23.7 Å². The Labute approximate surface area is 115 Å². The van der Waals surface area contributed by atoms with E-state index in [0.29, 0.717) is 5.92 Å². The lowest BCUT2D eigenvalue weighted by Crippen LogP contribution is -2.44. The molecule has 1 spiro atoms. The minimum Gasteiger partial charge on any atom is -0.467 e. The van der Waals surface area contributed by atoms with E-state index in [9.17, 15) is 0 Å². The van der Waals surface area contributed by atoms with Crippen LogP contribution in [0.5, 0.6) is 0 Å². The maximum Gasteiger partial charge on any atom is 0.123 e. The van der Waals surface area contributed by atoms with Crippen LogP contribution in [0, 0.1) is 12.8 Å². The van der Waals surface area contributed by atoms with Crippen molar-refractivity contribution >= 4 is 0 Å². The Morgan fingerprint density at radius 1 is 1.32 bits per heavy atom. The molecule has 1 saturated carbocycles. The van der Waals surface area contributed by atoms with Gasteiger partial charge in [0.1, 0.15) is 5.76 Å². The molecule has 2 unspecified atom stereocenters. The molecule has 1 aromatic rings. The van der Waals surface area contributed by atoms with E-state index in [2.05, 4.69) is 6.92 Å². The summed E-state index contributed by atoms with van der Waals surface area (Å²) in [6, 6.07) is 2.03. The summed E-state index contributed by atoms with van der Waals surface area (Å²) in [4.78, 5) is 0. The SMILES string of the molecule is Cc1ccoc1C(N)C1CCOC2(CCCCC2)C1. The summed E-state index contributed by atoms with van der Waals surface area (Å²) in [6.07, 6.45) is 10.3. The van der Waals surface area contributed by atoms with Crippen molar-refractivity contribution in [1.29, 1.82) is 0 Å². The average molecular weight is 263 g/mol. The number of rotatable bonds is 2. The Balaban J connectivity index is 1.72. The Morgan fingerprint density at radius 3 is 2.79 bits per heavy atom. The Kier molecular flexibility index (Phi) is 3.68. The highest BCUT2D eigenvalue weighted by atomic mass is 16.5. The van der Waals surface area contributed by atoms with Gasteiger partial charge in [-0.05, 0) is 50.2 Å². The molecule has 0 amide bonds. The molecule has 1 aliphatic heterocycles. The molecule has 2 atom stereocenters. The number of nitrogens with two attached hydrogens (primary N) is 1. The molecular formula is C16H25NO2.